The van der Waals surface area contributed by atoms with Crippen LogP contribution in [0.5, 0.6) is 0 Å². The maximum Gasteiger partial charge on any atom is 0.417 e. The fourth-order valence-electron chi connectivity index (χ4n) is 3.05. The highest BCUT2D eigenvalue weighted by Crippen LogP contribution is 2.31. The zero-order valence-electron chi connectivity index (χ0n) is 14.0. The second-order valence-corrected chi connectivity index (χ2v) is 6.20. The monoisotopic (exact) mass is 364 g/mol. The molecule has 0 aliphatic carbocycles. The number of amides is 1. The SMILES string of the molecule is O=C(NCCc1ccccn1)[C@@H]1CNC[C@H]1c1ccc(C(F)(F)F)cn1. The molecule has 0 aromatic carbocycles. The van der Waals surface area contributed by atoms with Crippen molar-refractivity contribution in [3.8, 4) is 0 Å². The third-order valence-corrected chi connectivity index (χ3v) is 4.45. The van der Waals surface area contributed by atoms with Crippen LogP contribution in [-0.4, -0.2) is 35.5 Å². The van der Waals surface area contributed by atoms with Gasteiger partial charge >= 0.3 is 6.18 Å². The lowest BCUT2D eigenvalue weighted by Gasteiger charge is -2.18. The van der Waals surface area contributed by atoms with Crippen LogP contribution in [0.2, 0.25) is 0 Å². The van der Waals surface area contributed by atoms with E-state index < -0.39 is 11.7 Å². The molecule has 2 aromatic heterocycles. The highest BCUT2D eigenvalue weighted by Gasteiger charge is 2.36. The Kier molecular flexibility index (Phi) is 5.51. The van der Waals surface area contributed by atoms with Gasteiger partial charge in [0.05, 0.1) is 11.5 Å². The number of aromatic nitrogens is 2. The molecule has 1 saturated heterocycles. The first-order chi connectivity index (χ1) is 12.4. The van der Waals surface area contributed by atoms with Gasteiger partial charge in [0.15, 0.2) is 0 Å². The minimum atomic E-state index is -4.41. The molecule has 26 heavy (non-hydrogen) atoms. The lowest BCUT2D eigenvalue weighted by molar-refractivity contribution is -0.137. The molecule has 3 rings (SSSR count). The van der Waals surface area contributed by atoms with Gasteiger partial charge in [-0.25, -0.2) is 0 Å². The highest BCUT2D eigenvalue weighted by atomic mass is 19.4. The van der Waals surface area contributed by atoms with Crippen molar-refractivity contribution in [1.82, 2.24) is 20.6 Å². The summed E-state index contributed by atoms with van der Waals surface area (Å²) in [7, 11) is 0. The number of halogens is 3. The molecule has 0 bridgehead atoms. The number of pyridine rings is 2. The van der Waals surface area contributed by atoms with Crippen LogP contribution in [0.15, 0.2) is 42.7 Å². The van der Waals surface area contributed by atoms with Crippen LogP contribution >= 0.6 is 0 Å². The molecule has 0 radical (unpaired) electrons. The molecular formula is C18H19F3N4O. The van der Waals surface area contributed by atoms with Gasteiger partial charge in [-0.2, -0.15) is 13.2 Å². The van der Waals surface area contributed by atoms with Crippen LogP contribution in [0.1, 0.15) is 22.9 Å². The molecule has 2 N–H and O–H groups in total. The second kappa shape index (κ2) is 7.82. The molecule has 138 valence electrons. The van der Waals surface area contributed by atoms with Gasteiger partial charge in [0.25, 0.3) is 0 Å². The Hall–Kier alpha value is -2.48. The van der Waals surface area contributed by atoms with E-state index in [9.17, 15) is 18.0 Å². The Balaban J connectivity index is 1.59. The summed E-state index contributed by atoms with van der Waals surface area (Å²) in [6.45, 7) is 1.44. The quantitative estimate of drug-likeness (QED) is 0.853. The summed E-state index contributed by atoms with van der Waals surface area (Å²) in [4.78, 5) is 20.6. The van der Waals surface area contributed by atoms with Crippen LogP contribution in [0.3, 0.4) is 0 Å². The van der Waals surface area contributed by atoms with E-state index in [-0.39, 0.29) is 17.7 Å². The van der Waals surface area contributed by atoms with Crippen molar-refractivity contribution in [2.75, 3.05) is 19.6 Å². The average molecular weight is 364 g/mol. The molecule has 5 nitrogen and oxygen atoms in total. The molecule has 3 heterocycles. The van der Waals surface area contributed by atoms with Crippen molar-refractivity contribution < 1.29 is 18.0 Å². The molecule has 1 aliphatic heterocycles. The first-order valence-electron chi connectivity index (χ1n) is 8.36. The van der Waals surface area contributed by atoms with Crippen LogP contribution < -0.4 is 10.6 Å². The predicted molar refractivity (Wildman–Crippen MR) is 89.3 cm³/mol. The Morgan fingerprint density at radius 2 is 2.04 bits per heavy atom. The normalized spacial score (nSPS) is 20.1. The summed E-state index contributed by atoms with van der Waals surface area (Å²) in [6.07, 6.45) is -1.27. The molecule has 0 unspecified atom stereocenters. The number of carbonyl (C=O) groups is 1. The van der Waals surface area contributed by atoms with E-state index >= 15 is 0 Å². The first kappa shape index (κ1) is 18.3. The lowest BCUT2D eigenvalue weighted by Crippen LogP contribution is -2.35. The number of hydrogen-bond donors (Lipinski definition) is 2. The first-order valence-corrected chi connectivity index (χ1v) is 8.36. The van der Waals surface area contributed by atoms with Gasteiger partial charge < -0.3 is 10.6 Å². The molecule has 0 spiro atoms. The largest absolute Gasteiger partial charge is 0.417 e. The lowest BCUT2D eigenvalue weighted by atomic mass is 9.91. The molecule has 2 atom stereocenters. The van der Waals surface area contributed by atoms with Gasteiger partial charge in [0.2, 0.25) is 5.91 Å². The summed E-state index contributed by atoms with van der Waals surface area (Å²) < 4.78 is 38.0. The molecule has 1 amide bonds. The topological polar surface area (TPSA) is 66.9 Å². The van der Waals surface area contributed by atoms with Crippen molar-refractivity contribution in [2.24, 2.45) is 5.92 Å². The Morgan fingerprint density at radius 1 is 1.19 bits per heavy atom. The number of hydrogen-bond acceptors (Lipinski definition) is 4. The average Bonchev–Trinajstić information content (AvgIpc) is 3.12. The molecule has 0 saturated carbocycles. The number of nitrogens with one attached hydrogen (secondary N) is 2. The van der Waals surface area contributed by atoms with Crippen LogP contribution in [0.25, 0.3) is 0 Å². The fraction of sp³-hybridized carbons (Fsp3) is 0.389. The molecule has 1 fully saturated rings. The molecule has 1 aliphatic rings. The third-order valence-electron chi connectivity index (χ3n) is 4.45. The van der Waals surface area contributed by atoms with Crippen molar-refractivity contribution in [1.29, 1.82) is 0 Å². The van der Waals surface area contributed by atoms with Gasteiger partial charge in [-0.15, -0.1) is 0 Å². The molecule has 2 aromatic rings. The minimum Gasteiger partial charge on any atom is -0.355 e. The Labute approximate surface area is 149 Å². The van der Waals surface area contributed by atoms with E-state index in [0.717, 1.165) is 18.0 Å². The number of alkyl halides is 3. The maximum absolute atomic E-state index is 12.7. The van der Waals surface area contributed by atoms with Crippen molar-refractivity contribution >= 4 is 5.91 Å². The van der Waals surface area contributed by atoms with E-state index in [1.165, 1.54) is 6.07 Å². The van der Waals surface area contributed by atoms with Crippen molar-refractivity contribution in [3.05, 3.63) is 59.7 Å². The Morgan fingerprint density at radius 3 is 2.69 bits per heavy atom. The zero-order chi connectivity index (χ0) is 18.6. The van der Waals surface area contributed by atoms with Crippen molar-refractivity contribution in [2.45, 2.75) is 18.5 Å². The standard InChI is InChI=1S/C18H19F3N4O/c19-18(20,21)12-4-5-16(25-9-12)14-10-22-11-15(14)17(26)24-8-6-13-3-1-2-7-23-13/h1-5,7,9,14-15,22H,6,8,10-11H2,(H,24,26)/t14-,15-/m1/s1. The second-order valence-electron chi connectivity index (χ2n) is 6.20. The summed E-state index contributed by atoms with van der Waals surface area (Å²) in [5, 5.41) is 6.00. The summed E-state index contributed by atoms with van der Waals surface area (Å²) >= 11 is 0. The summed E-state index contributed by atoms with van der Waals surface area (Å²) in [5.74, 6) is -0.729. The molecule has 8 heteroatoms. The van der Waals surface area contributed by atoms with Gasteiger partial charge in [0, 0.05) is 55.8 Å². The smallest absolute Gasteiger partial charge is 0.355 e. The van der Waals surface area contributed by atoms with E-state index in [1.54, 1.807) is 6.20 Å². The van der Waals surface area contributed by atoms with Crippen LogP contribution in [-0.2, 0) is 17.4 Å². The highest BCUT2D eigenvalue weighted by molar-refractivity contribution is 5.80. The van der Waals surface area contributed by atoms with E-state index in [0.29, 0.717) is 31.7 Å². The molecular weight excluding hydrogens is 345 g/mol. The summed E-state index contributed by atoms with van der Waals surface area (Å²) in [5.41, 5.74) is 0.592. The van der Waals surface area contributed by atoms with Crippen LogP contribution in [0.4, 0.5) is 13.2 Å². The van der Waals surface area contributed by atoms with E-state index in [1.807, 2.05) is 18.2 Å². The van der Waals surface area contributed by atoms with Gasteiger partial charge in [-0.05, 0) is 24.3 Å². The number of carbonyl (C=O) groups excluding carboxylic acids is 1. The van der Waals surface area contributed by atoms with E-state index in [4.69, 9.17) is 0 Å². The van der Waals surface area contributed by atoms with E-state index in [2.05, 4.69) is 20.6 Å². The minimum absolute atomic E-state index is 0.127. The number of nitrogens with zero attached hydrogens (tertiary/aromatic N) is 2. The third kappa shape index (κ3) is 4.37. The maximum atomic E-state index is 12.7. The zero-order valence-corrected chi connectivity index (χ0v) is 14.0. The van der Waals surface area contributed by atoms with Crippen LogP contribution in [0, 0.1) is 5.92 Å². The fourth-order valence-corrected chi connectivity index (χ4v) is 3.05. The van der Waals surface area contributed by atoms with Gasteiger partial charge in [0.1, 0.15) is 0 Å². The Bertz CT molecular complexity index is 734. The van der Waals surface area contributed by atoms with Gasteiger partial charge in [-0.3, -0.25) is 14.8 Å². The van der Waals surface area contributed by atoms with Crippen molar-refractivity contribution in [3.63, 3.8) is 0 Å². The summed E-state index contributed by atoms with van der Waals surface area (Å²) in [6, 6.07) is 7.97. The number of rotatable bonds is 5. The predicted octanol–water partition coefficient (Wildman–Crippen LogP) is 2.16. The van der Waals surface area contributed by atoms with Gasteiger partial charge in [-0.1, -0.05) is 6.07 Å².